The third-order valence-corrected chi connectivity index (χ3v) is 12.1. The Morgan fingerprint density at radius 2 is 1.05 bits per heavy atom. The minimum absolute atomic E-state index is 0.181. The molecule has 0 fully saturated rings. The van der Waals surface area contributed by atoms with Gasteiger partial charge in [0.1, 0.15) is 16.9 Å². The standard InChI is InChI=1S/C58H43N3O2/c1-36(2)61-53-23-12-10-22-49(53)57(43-26-27-47-46-21-11-13-24-55(46)63-56(47)35-43)58(61)45-29-37(3)59-50(33-45)41-19-14-20-42(30-41)51-31-44(39-17-8-5-9-18-39)32-52(60-51)48-28-25-40(34-54(48)62)38-15-6-4-7-16-38/h4-36,62H,1-3H3. The van der Waals surface area contributed by atoms with E-state index in [9.17, 15) is 5.11 Å². The number of aromatic hydroxyl groups is 1. The Kier molecular flexibility index (Phi) is 9.31. The third kappa shape index (κ3) is 6.84. The number of rotatable bonds is 8. The lowest BCUT2D eigenvalue weighted by Gasteiger charge is -2.18. The van der Waals surface area contributed by atoms with Crippen LogP contribution in [0.3, 0.4) is 0 Å². The van der Waals surface area contributed by atoms with Crippen molar-refractivity contribution in [3.05, 3.63) is 200 Å². The van der Waals surface area contributed by atoms with E-state index in [4.69, 9.17) is 14.4 Å². The Bertz CT molecular complexity index is 3510. The van der Waals surface area contributed by atoms with Crippen molar-refractivity contribution in [3.8, 4) is 84.2 Å². The van der Waals surface area contributed by atoms with E-state index in [2.05, 4.69) is 141 Å². The predicted octanol–water partition coefficient (Wildman–Crippen LogP) is 15.6. The van der Waals surface area contributed by atoms with Crippen LogP contribution in [-0.4, -0.2) is 19.6 Å². The van der Waals surface area contributed by atoms with E-state index in [-0.39, 0.29) is 11.8 Å². The highest BCUT2D eigenvalue weighted by atomic mass is 16.3. The largest absolute Gasteiger partial charge is 0.507 e. The van der Waals surface area contributed by atoms with Crippen LogP contribution in [0.2, 0.25) is 0 Å². The van der Waals surface area contributed by atoms with Crippen molar-refractivity contribution in [2.45, 2.75) is 26.8 Å². The Morgan fingerprint density at radius 1 is 0.444 bits per heavy atom. The molecule has 0 radical (unpaired) electrons. The number of pyridine rings is 2. The van der Waals surface area contributed by atoms with E-state index < -0.39 is 0 Å². The molecule has 0 amide bonds. The fourth-order valence-electron chi connectivity index (χ4n) is 9.22. The number of hydrogen-bond donors (Lipinski definition) is 1. The van der Waals surface area contributed by atoms with Crippen molar-refractivity contribution < 1.29 is 9.52 Å². The molecule has 5 nitrogen and oxygen atoms in total. The molecule has 0 aliphatic heterocycles. The molecule has 0 atom stereocenters. The Labute approximate surface area is 366 Å². The second-order valence-electron chi connectivity index (χ2n) is 16.6. The molecule has 0 aliphatic rings. The predicted molar refractivity (Wildman–Crippen MR) is 260 cm³/mol. The number of furan rings is 1. The molecule has 1 N–H and O–H groups in total. The molecule has 0 spiro atoms. The number of para-hydroxylation sites is 2. The summed E-state index contributed by atoms with van der Waals surface area (Å²) < 4.78 is 8.89. The molecule has 302 valence electrons. The number of phenols is 1. The second-order valence-corrected chi connectivity index (χ2v) is 16.6. The number of fused-ring (bicyclic) bond motifs is 4. The molecule has 5 heteroatoms. The van der Waals surface area contributed by atoms with Gasteiger partial charge in [0, 0.05) is 61.2 Å². The van der Waals surface area contributed by atoms with Crippen molar-refractivity contribution in [2.75, 3.05) is 0 Å². The average Bonchev–Trinajstić information content (AvgIpc) is 3.88. The first-order valence-corrected chi connectivity index (χ1v) is 21.5. The first kappa shape index (κ1) is 37.9. The summed E-state index contributed by atoms with van der Waals surface area (Å²) in [6.07, 6.45) is 0. The van der Waals surface area contributed by atoms with Crippen molar-refractivity contribution in [1.82, 2.24) is 14.5 Å². The lowest BCUT2D eigenvalue weighted by Crippen LogP contribution is -2.04. The summed E-state index contributed by atoms with van der Waals surface area (Å²) in [6, 6.07) is 67.1. The SMILES string of the molecule is Cc1cc(-c2c(-c3ccc4c(c3)oc3ccccc34)c3ccccc3n2C(C)C)cc(-c2cccc(-c3cc(-c4ccccc4)cc(-c4ccc(-c5ccccc5)cc4O)n3)c2)n1. The topological polar surface area (TPSA) is 64.1 Å². The fourth-order valence-corrected chi connectivity index (χ4v) is 9.22. The summed E-state index contributed by atoms with van der Waals surface area (Å²) >= 11 is 0. The summed E-state index contributed by atoms with van der Waals surface area (Å²) in [4.78, 5) is 10.4. The normalized spacial score (nSPS) is 11.6. The number of aryl methyl sites for hydroxylation is 1. The van der Waals surface area contributed by atoms with Crippen LogP contribution in [0.15, 0.2) is 199 Å². The van der Waals surface area contributed by atoms with Crippen molar-refractivity contribution in [2.24, 2.45) is 0 Å². The molecule has 4 aromatic heterocycles. The Balaban J connectivity index is 1.05. The molecule has 4 heterocycles. The first-order chi connectivity index (χ1) is 30.9. The van der Waals surface area contributed by atoms with Gasteiger partial charge in [-0.2, -0.15) is 0 Å². The quantitative estimate of drug-likeness (QED) is 0.166. The van der Waals surface area contributed by atoms with E-state index in [1.165, 1.54) is 16.5 Å². The molecular weight excluding hydrogens is 771 g/mol. The van der Waals surface area contributed by atoms with Gasteiger partial charge in [-0.15, -0.1) is 0 Å². The van der Waals surface area contributed by atoms with Crippen LogP contribution in [0.4, 0.5) is 0 Å². The molecule has 0 saturated heterocycles. The first-order valence-electron chi connectivity index (χ1n) is 21.5. The van der Waals surface area contributed by atoms with Gasteiger partial charge in [0.15, 0.2) is 0 Å². The minimum Gasteiger partial charge on any atom is -0.507 e. The van der Waals surface area contributed by atoms with Crippen LogP contribution in [0.25, 0.3) is 111 Å². The van der Waals surface area contributed by atoms with Crippen LogP contribution < -0.4 is 0 Å². The van der Waals surface area contributed by atoms with Crippen LogP contribution in [0.5, 0.6) is 5.75 Å². The van der Waals surface area contributed by atoms with E-state index in [1.54, 1.807) is 0 Å². The summed E-state index contributed by atoms with van der Waals surface area (Å²) in [5.74, 6) is 0.181. The van der Waals surface area contributed by atoms with Crippen LogP contribution in [0, 0.1) is 6.92 Å². The molecule has 0 aliphatic carbocycles. The lowest BCUT2D eigenvalue weighted by molar-refractivity contribution is 0.477. The fraction of sp³-hybridized carbons (Fsp3) is 0.0690. The van der Waals surface area contributed by atoms with Gasteiger partial charge in [-0.1, -0.05) is 127 Å². The Morgan fingerprint density at radius 3 is 1.79 bits per heavy atom. The van der Waals surface area contributed by atoms with Crippen LogP contribution >= 0.6 is 0 Å². The van der Waals surface area contributed by atoms with Crippen molar-refractivity contribution in [3.63, 3.8) is 0 Å². The number of benzene rings is 7. The molecule has 63 heavy (non-hydrogen) atoms. The number of nitrogens with zero attached hydrogens (tertiary/aromatic N) is 3. The van der Waals surface area contributed by atoms with Crippen molar-refractivity contribution in [1.29, 1.82) is 0 Å². The highest BCUT2D eigenvalue weighted by molar-refractivity contribution is 6.09. The molecular formula is C58H43N3O2. The highest BCUT2D eigenvalue weighted by Crippen LogP contribution is 2.45. The van der Waals surface area contributed by atoms with Crippen LogP contribution in [-0.2, 0) is 0 Å². The zero-order chi connectivity index (χ0) is 42.6. The molecule has 0 bridgehead atoms. The van der Waals surface area contributed by atoms with Gasteiger partial charge in [-0.05, 0) is 115 Å². The zero-order valence-corrected chi connectivity index (χ0v) is 35.2. The molecule has 0 saturated carbocycles. The third-order valence-electron chi connectivity index (χ3n) is 12.1. The smallest absolute Gasteiger partial charge is 0.136 e. The van der Waals surface area contributed by atoms with Crippen molar-refractivity contribution >= 4 is 32.8 Å². The number of phenolic OH excluding ortho intramolecular Hbond substituents is 1. The minimum atomic E-state index is 0.181. The highest BCUT2D eigenvalue weighted by Gasteiger charge is 2.24. The monoisotopic (exact) mass is 813 g/mol. The summed E-state index contributed by atoms with van der Waals surface area (Å²) in [5.41, 5.74) is 17.4. The van der Waals surface area contributed by atoms with E-state index >= 15 is 0 Å². The molecule has 7 aromatic carbocycles. The zero-order valence-electron chi connectivity index (χ0n) is 35.2. The van der Waals surface area contributed by atoms with E-state index in [0.717, 1.165) is 89.2 Å². The van der Waals surface area contributed by atoms with Gasteiger partial charge in [0.2, 0.25) is 0 Å². The summed E-state index contributed by atoms with van der Waals surface area (Å²) in [7, 11) is 0. The van der Waals surface area contributed by atoms with Gasteiger partial charge in [-0.25, -0.2) is 4.98 Å². The lowest BCUT2D eigenvalue weighted by atomic mass is 9.95. The number of hydrogen-bond acceptors (Lipinski definition) is 4. The van der Waals surface area contributed by atoms with E-state index in [1.807, 2.05) is 78.9 Å². The van der Waals surface area contributed by atoms with E-state index in [0.29, 0.717) is 11.3 Å². The second kappa shape index (κ2) is 15.5. The Hall–Kier alpha value is -8.02. The molecule has 11 aromatic rings. The van der Waals surface area contributed by atoms with Gasteiger partial charge >= 0.3 is 0 Å². The summed E-state index contributed by atoms with van der Waals surface area (Å²) in [5, 5.41) is 14.9. The summed E-state index contributed by atoms with van der Waals surface area (Å²) in [6.45, 7) is 6.58. The molecule has 11 rings (SSSR count). The van der Waals surface area contributed by atoms with Gasteiger partial charge in [0.05, 0.1) is 22.8 Å². The maximum atomic E-state index is 11.5. The number of aromatic nitrogens is 3. The van der Waals surface area contributed by atoms with Gasteiger partial charge in [0.25, 0.3) is 0 Å². The average molecular weight is 814 g/mol. The maximum absolute atomic E-state index is 11.5. The maximum Gasteiger partial charge on any atom is 0.136 e. The van der Waals surface area contributed by atoms with Gasteiger partial charge < -0.3 is 14.1 Å². The van der Waals surface area contributed by atoms with Crippen LogP contribution in [0.1, 0.15) is 25.6 Å². The molecule has 0 unspecified atom stereocenters. The van der Waals surface area contributed by atoms with Gasteiger partial charge in [-0.3, -0.25) is 4.98 Å².